The second-order valence-corrected chi connectivity index (χ2v) is 5.10. The maximum atomic E-state index is 9.16. The average molecular weight is 335 g/mol. The molecular formula is C16H12Cl2N2O2. The van der Waals surface area contributed by atoms with E-state index in [4.69, 9.17) is 33.2 Å². The zero-order valence-corrected chi connectivity index (χ0v) is 13.2. The van der Waals surface area contributed by atoms with E-state index in [1.165, 1.54) is 7.11 Å². The van der Waals surface area contributed by atoms with E-state index in [0.29, 0.717) is 21.4 Å². The standard InChI is InChI=1S/C16H12Cl2N2O2/c1-21-20-15(9-19)13-5-3-2-4-11(13)10-22-16-7-6-12(17)8-14(16)18/h2-8H,10H2,1H3. The predicted molar refractivity (Wildman–Crippen MR) is 86.4 cm³/mol. The number of ether oxygens (including phenoxy) is 1. The van der Waals surface area contributed by atoms with Crippen LogP contribution in [0.1, 0.15) is 11.1 Å². The zero-order valence-electron chi connectivity index (χ0n) is 11.7. The van der Waals surface area contributed by atoms with Gasteiger partial charge in [-0.05, 0) is 23.8 Å². The van der Waals surface area contributed by atoms with Crippen LogP contribution in [0.15, 0.2) is 47.6 Å². The second-order valence-electron chi connectivity index (χ2n) is 4.25. The average Bonchev–Trinajstić information content (AvgIpc) is 2.52. The van der Waals surface area contributed by atoms with Crippen molar-refractivity contribution in [3.63, 3.8) is 0 Å². The SMILES string of the molecule is CON=C(C#N)c1ccccc1COc1ccc(Cl)cc1Cl. The summed E-state index contributed by atoms with van der Waals surface area (Å²) in [7, 11) is 1.39. The van der Waals surface area contributed by atoms with Gasteiger partial charge in [-0.15, -0.1) is 0 Å². The molecule has 0 aliphatic carbocycles. The number of halogens is 2. The molecule has 4 nitrogen and oxygen atoms in total. The smallest absolute Gasteiger partial charge is 0.187 e. The lowest BCUT2D eigenvalue weighted by Gasteiger charge is -2.11. The summed E-state index contributed by atoms with van der Waals surface area (Å²) in [5.41, 5.74) is 1.63. The Morgan fingerprint density at radius 1 is 1.23 bits per heavy atom. The minimum absolute atomic E-state index is 0.184. The van der Waals surface area contributed by atoms with Crippen LogP contribution in [0.4, 0.5) is 0 Å². The Morgan fingerprint density at radius 3 is 2.68 bits per heavy atom. The van der Waals surface area contributed by atoms with Crippen LogP contribution in [-0.4, -0.2) is 12.8 Å². The van der Waals surface area contributed by atoms with Crippen molar-refractivity contribution in [2.45, 2.75) is 6.61 Å². The molecule has 0 amide bonds. The first-order valence-electron chi connectivity index (χ1n) is 6.33. The Morgan fingerprint density at radius 2 is 2.00 bits per heavy atom. The minimum atomic E-state index is 0.184. The van der Waals surface area contributed by atoms with Gasteiger partial charge in [0.15, 0.2) is 5.71 Å². The normalized spacial score (nSPS) is 10.9. The molecule has 2 aromatic rings. The van der Waals surface area contributed by atoms with Gasteiger partial charge in [-0.3, -0.25) is 0 Å². The molecule has 2 rings (SSSR count). The number of hydrogen-bond donors (Lipinski definition) is 0. The van der Waals surface area contributed by atoms with E-state index < -0.39 is 0 Å². The number of oxime groups is 1. The van der Waals surface area contributed by atoms with Crippen LogP contribution in [0.5, 0.6) is 5.75 Å². The summed E-state index contributed by atoms with van der Waals surface area (Å²) in [4.78, 5) is 4.69. The van der Waals surface area contributed by atoms with Crippen molar-refractivity contribution in [1.29, 1.82) is 5.26 Å². The van der Waals surface area contributed by atoms with Gasteiger partial charge >= 0.3 is 0 Å². The summed E-state index contributed by atoms with van der Waals surface area (Å²) < 4.78 is 5.70. The Balaban J connectivity index is 2.24. The van der Waals surface area contributed by atoms with Crippen molar-refractivity contribution in [1.82, 2.24) is 0 Å². The number of benzene rings is 2. The van der Waals surface area contributed by atoms with Crippen LogP contribution < -0.4 is 4.74 Å². The fourth-order valence-corrected chi connectivity index (χ4v) is 2.31. The minimum Gasteiger partial charge on any atom is -0.487 e. The lowest BCUT2D eigenvalue weighted by atomic mass is 10.0. The number of rotatable bonds is 5. The molecule has 0 aliphatic heterocycles. The van der Waals surface area contributed by atoms with Crippen molar-refractivity contribution >= 4 is 28.9 Å². The molecule has 0 saturated heterocycles. The third-order valence-corrected chi connectivity index (χ3v) is 3.37. The van der Waals surface area contributed by atoms with Gasteiger partial charge in [-0.2, -0.15) is 5.26 Å². The highest BCUT2D eigenvalue weighted by atomic mass is 35.5. The highest BCUT2D eigenvalue weighted by Crippen LogP contribution is 2.28. The third-order valence-electron chi connectivity index (χ3n) is 2.84. The topological polar surface area (TPSA) is 54.6 Å². The molecule has 22 heavy (non-hydrogen) atoms. The molecule has 0 fully saturated rings. The molecule has 6 heteroatoms. The lowest BCUT2D eigenvalue weighted by molar-refractivity contribution is 0.214. The molecule has 0 N–H and O–H groups in total. The van der Waals surface area contributed by atoms with Gasteiger partial charge in [-0.1, -0.05) is 52.6 Å². The van der Waals surface area contributed by atoms with Crippen LogP contribution in [0.3, 0.4) is 0 Å². The molecular weight excluding hydrogens is 323 g/mol. The molecule has 0 aromatic heterocycles. The molecule has 0 unspecified atom stereocenters. The first-order chi connectivity index (χ1) is 10.7. The van der Waals surface area contributed by atoms with Gasteiger partial charge in [0.05, 0.1) is 5.02 Å². The van der Waals surface area contributed by atoms with Crippen molar-refractivity contribution < 1.29 is 9.57 Å². The van der Waals surface area contributed by atoms with Crippen LogP contribution in [-0.2, 0) is 11.4 Å². The Kier molecular flexibility index (Phi) is 5.65. The van der Waals surface area contributed by atoms with E-state index in [1.54, 1.807) is 24.3 Å². The fraction of sp³-hybridized carbons (Fsp3) is 0.125. The predicted octanol–water partition coefficient (Wildman–Crippen LogP) is 4.45. The van der Waals surface area contributed by atoms with Crippen molar-refractivity contribution in [3.8, 4) is 11.8 Å². The first-order valence-corrected chi connectivity index (χ1v) is 7.08. The first kappa shape index (κ1) is 16.2. The fourth-order valence-electron chi connectivity index (χ4n) is 1.85. The van der Waals surface area contributed by atoms with Gasteiger partial charge < -0.3 is 9.57 Å². The van der Waals surface area contributed by atoms with Crippen LogP contribution >= 0.6 is 23.2 Å². The summed E-state index contributed by atoms with van der Waals surface area (Å²) in [6.45, 7) is 0.238. The van der Waals surface area contributed by atoms with E-state index in [2.05, 4.69) is 9.99 Å². The molecule has 0 atom stereocenters. The van der Waals surface area contributed by atoms with Gasteiger partial charge in [0.25, 0.3) is 0 Å². The largest absolute Gasteiger partial charge is 0.487 e. The molecule has 2 aromatic carbocycles. The van der Waals surface area contributed by atoms with Gasteiger partial charge in [0, 0.05) is 10.6 Å². The quantitative estimate of drug-likeness (QED) is 0.599. The van der Waals surface area contributed by atoms with Crippen molar-refractivity contribution in [2.24, 2.45) is 5.16 Å². The van der Waals surface area contributed by atoms with Crippen molar-refractivity contribution in [3.05, 3.63) is 63.6 Å². The lowest BCUT2D eigenvalue weighted by Crippen LogP contribution is -2.06. The van der Waals surface area contributed by atoms with E-state index in [9.17, 15) is 0 Å². The van der Waals surface area contributed by atoms with Gasteiger partial charge in [-0.25, -0.2) is 0 Å². The zero-order chi connectivity index (χ0) is 15.9. The summed E-state index contributed by atoms with van der Waals surface area (Å²) in [5.74, 6) is 0.517. The van der Waals surface area contributed by atoms with E-state index in [-0.39, 0.29) is 12.3 Å². The second kappa shape index (κ2) is 7.69. The number of nitriles is 1. The molecule has 0 radical (unpaired) electrons. The van der Waals surface area contributed by atoms with Crippen LogP contribution in [0, 0.1) is 11.3 Å². The molecule has 0 bridgehead atoms. The number of nitrogens with zero attached hydrogens (tertiary/aromatic N) is 2. The summed E-state index contributed by atoms with van der Waals surface area (Å²) in [5, 5.41) is 13.8. The van der Waals surface area contributed by atoms with E-state index in [1.807, 2.05) is 24.3 Å². The molecule has 0 saturated carbocycles. The summed E-state index contributed by atoms with van der Waals surface area (Å²) in [6, 6.07) is 14.3. The molecule has 0 aliphatic rings. The van der Waals surface area contributed by atoms with E-state index >= 15 is 0 Å². The molecule has 0 heterocycles. The third kappa shape index (κ3) is 3.91. The summed E-state index contributed by atoms with van der Waals surface area (Å²) in [6.07, 6.45) is 0. The Hall–Kier alpha value is -2.22. The Labute approximate surface area is 138 Å². The highest BCUT2D eigenvalue weighted by molar-refractivity contribution is 6.35. The van der Waals surface area contributed by atoms with Crippen LogP contribution in [0.25, 0.3) is 0 Å². The molecule has 112 valence electrons. The van der Waals surface area contributed by atoms with Crippen molar-refractivity contribution in [2.75, 3.05) is 7.11 Å². The maximum Gasteiger partial charge on any atom is 0.187 e. The Bertz CT molecular complexity index is 739. The molecule has 0 spiro atoms. The monoisotopic (exact) mass is 334 g/mol. The summed E-state index contributed by atoms with van der Waals surface area (Å²) >= 11 is 11.9. The highest BCUT2D eigenvalue weighted by Gasteiger charge is 2.11. The van der Waals surface area contributed by atoms with Crippen LogP contribution in [0.2, 0.25) is 10.0 Å². The van der Waals surface area contributed by atoms with E-state index in [0.717, 1.165) is 5.56 Å². The number of hydrogen-bond acceptors (Lipinski definition) is 4. The maximum absolute atomic E-state index is 9.16. The van der Waals surface area contributed by atoms with Gasteiger partial charge in [0.2, 0.25) is 0 Å². The van der Waals surface area contributed by atoms with Gasteiger partial charge in [0.1, 0.15) is 25.5 Å².